The number of unbranched alkanes of at least 4 members (excludes halogenated alkanes) is 2. The van der Waals surface area contributed by atoms with Gasteiger partial charge in [-0.1, -0.05) is 61.4 Å². The Kier molecular flexibility index (Phi) is 38.4. The molecule has 695 valence electrons. The van der Waals surface area contributed by atoms with E-state index in [2.05, 4.69) is 154 Å². The van der Waals surface area contributed by atoms with Gasteiger partial charge in [0.2, 0.25) is 5.97 Å². The number of nitrogens with two attached hydrogens (primary N) is 1. The molecule has 0 unspecified atom stereocenters. The zero-order chi connectivity index (χ0) is 91.2. The number of H-pyrrole nitrogens is 2. The number of carbonyl (C=O) groups excluding carboxylic acids is 6. The van der Waals surface area contributed by atoms with E-state index in [1.807, 2.05) is 58.9 Å². The molecule has 6 aromatic rings. The van der Waals surface area contributed by atoms with Crippen LogP contribution in [0.4, 0.5) is 11.4 Å². The number of aryl methyl sites for hydroxylation is 4. The topological polar surface area (TPSA) is 284 Å². The molecule has 0 atom stereocenters. The molecule has 26 heteroatoms. The Hall–Kier alpha value is -7.82. The smallest absolute Gasteiger partial charge is 0.793 e. The minimum atomic E-state index is -0.639. The van der Waals surface area contributed by atoms with Gasteiger partial charge < -0.3 is 68.0 Å². The number of amides is 2. The van der Waals surface area contributed by atoms with Crippen LogP contribution >= 0.6 is 0 Å². The summed E-state index contributed by atoms with van der Waals surface area (Å²) in [5, 5.41) is 6.14. The molecule has 0 spiro atoms. The molecular formula is C103H146BN11NaO13. The average molecular weight is 1780 g/mol. The number of rotatable bonds is 28. The third kappa shape index (κ3) is 28.4. The first-order chi connectivity index (χ1) is 61.6. The summed E-state index contributed by atoms with van der Waals surface area (Å²) < 4.78 is 15.0. The molecular weight excluding hydrogens is 1630 g/mol. The fourth-order valence-electron chi connectivity index (χ4n) is 23.9. The van der Waals surface area contributed by atoms with Gasteiger partial charge >= 0.3 is 41.5 Å². The van der Waals surface area contributed by atoms with Crippen molar-refractivity contribution in [2.75, 3.05) is 121 Å². The standard InChI is InChI=1S/C49H69N5O3.C36H50N6O3.C12H18O.C4H6O4.C2H3BO2.Na/c1-5-54(43-13-21-57-22-14-43)46-28-42(27-44(36(46)4)47(55)50-32-45-34(2)23-35(3)51-48(45)56)41-11-9-37(10-12-41)33-53-19-17-52(18-20-53)16-8-6-7-15-49-29-38-24-39(30-49)26-40(25-38)31-49;1-5-42(31-10-18-45-19-11-31)34-22-30(29-8-6-28(7-9-29)24-41-16-14-40(13-12-37)15-17-41)21-32(27(34)4)35(43)38-23-33-25(2)20-26(3)39-36(33)44;13-2-1-12-6-9-3-10(7-12)5-11(4-9)8-12;1-3(5)7-8-4(2)6;1-2(4)5-3;/h9-12,23,27-28,38-40,43H,5-8,13-22,24-26,29-33H2,1-4H3,(H,50,55)(H,51,56);6-9,20-22,31H,5,10-19,23-24,37H2,1-4H3,(H,38,43)(H,39,44);2,9-11H,1,3-8H2;1-2H3;1H3;/q;;;;-1;+1. The molecule has 8 aliphatic carbocycles. The van der Waals surface area contributed by atoms with E-state index in [9.17, 15) is 38.4 Å². The molecule has 4 saturated heterocycles. The van der Waals surface area contributed by atoms with Gasteiger partial charge in [-0.15, -0.1) is 0 Å². The second kappa shape index (κ2) is 48.7. The van der Waals surface area contributed by atoms with E-state index in [1.165, 1.54) is 108 Å². The molecule has 2 aromatic heterocycles. The van der Waals surface area contributed by atoms with Crippen LogP contribution < -0.4 is 66.8 Å². The first-order valence-electron chi connectivity index (χ1n) is 48.0. The molecule has 12 fully saturated rings. The monoisotopic (exact) mass is 1780 g/mol. The maximum Gasteiger partial charge on any atom is 1.00 e. The number of nitrogens with zero attached hydrogens (tertiary/aromatic N) is 6. The van der Waals surface area contributed by atoms with E-state index in [-0.39, 0.29) is 65.6 Å². The van der Waals surface area contributed by atoms with Gasteiger partial charge in [-0.3, -0.25) is 38.7 Å². The normalized spacial score (nSPS) is 23.0. The van der Waals surface area contributed by atoms with Gasteiger partial charge in [-0.05, 0) is 316 Å². The van der Waals surface area contributed by atoms with Crippen LogP contribution in [0.15, 0.2) is 94.5 Å². The molecule has 6 N–H and O–H groups in total. The number of aromatic amines is 2. The number of piperazine rings is 2. The van der Waals surface area contributed by atoms with Gasteiger partial charge in [-0.2, -0.15) is 0 Å². The van der Waals surface area contributed by atoms with Crippen LogP contribution in [-0.2, 0) is 69.3 Å². The largest absolute Gasteiger partial charge is 1.00 e. The van der Waals surface area contributed by atoms with Crippen LogP contribution in [0, 0.1) is 87.9 Å². The molecule has 4 aliphatic heterocycles. The van der Waals surface area contributed by atoms with E-state index in [1.54, 1.807) is 38.5 Å². The summed E-state index contributed by atoms with van der Waals surface area (Å²) in [5.74, 6) is 4.13. The number of pyridine rings is 2. The van der Waals surface area contributed by atoms with Crippen molar-refractivity contribution in [1.29, 1.82) is 0 Å². The first-order valence-corrected chi connectivity index (χ1v) is 48.0. The first kappa shape index (κ1) is 102. The summed E-state index contributed by atoms with van der Waals surface area (Å²) >= 11 is 0. The Labute approximate surface area is 790 Å². The van der Waals surface area contributed by atoms with E-state index in [4.69, 9.17) is 15.2 Å². The molecule has 8 bridgehead atoms. The molecule has 2 amide bonds. The van der Waals surface area contributed by atoms with Crippen LogP contribution in [0.5, 0.6) is 0 Å². The molecule has 4 aromatic carbocycles. The molecule has 8 saturated carbocycles. The van der Waals surface area contributed by atoms with Gasteiger partial charge in [0.15, 0.2) is 0 Å². The number of carbonyl (C=O) groups is 6. The van der Waals surface area contributed by atoms with Crippen LogP contribution in [0.2, 0.25) is 0 Å². The third-order valence-electron chi connectivity index (χ3n) is 29.4. The van der Waals surface area contributed by atoms with Gasteiger partial charge in [0, 0.05) is 215 Å². The number of anilines is 2. The van der Waals surface area contributed by atoms with Crippen molar-refractivity contribution in [3.05, 3.63) is 173 Å². The van der Waals surface area contributed by atoms with Gasteiger partial charge in [0.25, 0.3) is 22.9 Å². The summed E-state index contributed by atoms with van der Waals surface area (Å²) in [6.07, 6.45) is 29.5. The van der Waals surface area contributed by atoms with Crippen molar-refractivity contribution >= 4 is 55.4 Å². The summed E-state index contributed by atoms with van der Waals surface area (Å²) in [4.78, 5) is 122. The average Bonchev–Trinajstić information content (AvgIpc) is 0.841. The Balaban J connectivity index is 0.000000196. The van der Waals surface area contributed by atoms with E-state index in [0.29, 0.717) is 46.3 Å². The summed E-state index contributed by atoms with van der Waals surface area (Å²) in [5.41, 5.74) is 23.4. The third-order valence-corrected chi connectivity index (χ3v) is 29.4. The number of aldehydes is 1. The maximum absolute atomic E-state index is 14.0. The Bertz CT molecular complexity index is 4730. The number of hydrogen-bond acceptors (Lipinski definition) is 20. The summed E-state index contributed by atoms with van der Waals surface area (Å²) in [6.45, 7) is 38.3. The fourth-order valence-corrected chi connectivity index (χ4v) is 23.9. The van der Waals surface area contributed by atoms with E-state index >= 15 is 0 Å². The predicted molar refractivity (Wildman–Crippen MR) is 506 cm³/mol. The van der Waals surface area contributed by atoms with Crippen molar-refractivity contribution in [3.8, 4) is 22.3 Å². The fraction of sp³-hybridized carbons (Fsp3) is 0.612. The molecule has 129 heavy (non-hydrogen) atoms. The maximum atomic E-state index is 14.0. The van der Waals surface area contributed by atoms with Crippen molar-refractivity contribution in [1.82, 2.24) is 40.2 Å². The zero-order valence-corrected chi connectivity index (χ0v) is 81.6. The van der Waals surface area contributed by atoms with Crippen molar-refractivity contribution in [2.45, 2.75) is 249 Å². The minimum Gasteiger partial charge on any atom is -0.793 e. The number of hydrogen-bond donors (Lipinski definition) is 5. The Morgan fingerprint density at radius 3 is 1.19 bits per heavy atom. The number of ether oxygens (including phenoxy) is 2. The van der Waals surface area contributed by atoms with Crippen molar-refractivity contribution in [3.63, 3.8) is 0 Å². The van der Waals surface area contributed by atoms with Crippen LogP contribution in [-0.4, -0.2) is 197 Å². The molecule has 12 aliphatic rings. The minimum absolute atomic E-state index is 0. The van der Waals surface area contributed by atoms with Crippen LogP contribution in [0.1, 0.15) is 246 Å². The quantitative estimate of drug-likeness (QED) is 0.0100. The van der Waals surface area contributed by atoms with Crippen molar-refractivity contribution in [2.24, 2.45) is 52.1 Å². The van der Waals surface area contributed by atoms with Crippen LogP contribution in [0.3, 0.4) is 0 Å². The summed E-state index contributed by atoms with van der Waals surface area (Å²) in [6, 6.07) is 30.9. The molecule has 6 heterocycles. The number of aromatic nitrogens is 2. The predicted octanol–water partition coefficient (Wildman–Crippen LogP) is 12.2. The van der Waals surface area contributed by atoms with Gasteiger partial charge in [0.1, 0.15) is 6.29 Å². The number of nitrogens with one attached hydrogen (secondary N) is 4. The SMILES string of the molecule is CC(=O)OOC(C)=O.CCN(c1cc(-c2ccc(CN3CCN(CCCCCC45CC6CC(CC(C6)C4)C5)CC3)cc2)cc(C(=O)NCc2c(C)cc(C)[nH]c2=O)c1C)C1CCOCC1.CCN(c1cc(-c2ccc(CN3CCN(CCN)CC3)cc2)cc(C(=O)NCc2c(C)cc(C)[nH]c2=O)c1C)C1CCOCC1.O=CCC12CC3CC(CC(C3)C1)C2.[B-]OC(C)=O.[Na+]. The van der Waals surface area contributed by atoms with E-state index < -0.39 is 17.9 Å². The van der Waals surface area contributed by atoms with E-state index in [0.717, 1.165) is 253 Å². The Morgan fingerprint density at radius 1 is 0.496 bits per heavy atom. The molecule has 24 nitrogen and oxygen atoms in total. The van der Waals surface area contributed by atoms with Gasteiger partial charge in [-0.25, -0.2) is 19.4 Å². The van der Waals surface area contributed by atoms with Crippen LogP contribution in [0.25, 0.3) is 22.3 Å². The van der Waals surface area contributed by atoms with Gasteiger partial charge in [0.05, 0.1) is 0 Å². The van der Waals surface area contributed by atoms with Crippen molar-refractivity contribution < 1.29 is 82.2 Å². The number of benzene rings is 4. The second-order valence-corrected chi connectivity index (χ2v) is 39.0. The zero-order valence-electron chi connectivity index (χ0n) is 79.6. The Morgan fingerprint density at radius 2 is 0.853 bits per heavy atom. The second-order valence-electron chi connectivity index (χ2n) is 39.0. The summed E-state index contributed by atoms with van der Waals surface area (Å²) in [7, 11) is 4.32. The molecule has 3 radical (unpaired) electrons. The molecule has 18 rings (SSSR count).